The van der Waals surface area contributed by atoms with Crippen LogP contribution in [0.1, 0.15) is 11.1 Å². The molecule has 10 heavy (non-hydrogen) atoms. The Kier molecular flexibility index (Phi) is 1.49. The van der Waals surface area contributed by atoms with E-state index in [1.54, 1.807) is 0 Å². The first-order valence-electron chi connectivity index (χ1n) is 3.00. The van der Waals surface area contributed by atoms with E-state index >= 15 is 0 Å². The maximum atomic E-state index is 10.7. The minimum Gasteiger partial charge on any atom is -0.425 e. The molecular formula is C7H9NO2. The van der Waals surface area contributed by atoms with Crippen LogP contribution in [0, 0.1) is 13.8 Å². The van der Waals surface area contributed by atoms with Gasteiger partial charge in [-0.15, -0.1) is 0 Å². The molecule has 0 saturated carbocycles. The molecule has 3 heteroatoms. The zero-order valence-electron chi connectivity index (χ0n) is 5.96. The second kappa shape index (κ2) is 2.17. The largest absolute Gasteiger partial charge is 0.425 e. The van der Waals surface area contributed by atoms with E-state index in [0.717, 1.165) is 11.1 Å². The first-order chi connectivity index (χ1) is 4.61. The molecule has 1 aromatic heterocycles. The second-order valence-electron chi connectivity index (χ2n) is 2.32. The Labute approximate surface area is 58.5 Å². The lowest BCUT2D eigenvalue weighted by Gasteiger charge is -1.99. The summed E-state index contributed by atoms with van der Waals surface area (Å²) in [5, 5.41) is 8.83. The fourth-order valence-electron chi connectivity index (χ4n) is 0.714. The fraction of sp³-hybridized carbons (Fsp3) is 0.286. The lowest BCUT2D eigenvalue weighted by Crippen LogP contribution is -2.16. The molecule has 0 aliphatic heterocycles. The second-order valence-corrected chi connectivity index (χ2v) is 2.32. The molecule has 0 amide bonds. The lowest BCUT2D eigenvalue weighted by atomic mass is 10.2. The maximum Gasteiger partial charge on any atom is 0.283 e. The number of pyridine rings is 1. The van der Waals surface area contributed by atoms with Gasteiger partial charge in [0.15, 0.2) is 0 Å². The van der Waals surface area contributed by atoms with Gasteiger partial charge in [0.05, 0.1) is 6.20 Å². The Balaban J connectivity index is 3.43. The summed E-state index contributed by atoms with van der Waals surface area (Å²) in [7, 11) is 0. The van der Waals surface area contributed by atoms with Gasteiger partial charge in [0.25, 0.3) is 5.56 Å². The van der Waals surface area contributed by atoms with Crippen LogP contribution >= 0.6 is 0 Å². The SMILES string of the molecule is Cc1cc(=O)n(O)cc1C. The normalized spacial score (nSPS) is 9.80. The van der Waals surface area contributed by atoms with Crippen molar-refractivity contribution < 1.29 is 5.21 Å². The van der Waals surface area contributed by atoms with Crippen molar-refractivity contribution >= 4 is 0 Å². The highest BCUT2D eigenvalue weighted by Crippen LogP contribution is 1.99. The van der Waals surface area contributed by atoms with Crippen molar-refractivity contribution in [3.63, 3.8) is 0 Å². The minimum atomic E-state index is -0.386. The van der Waals surface area contributed by atoms with E-state index in [4.69, 9.17) is 5.21 Å². The summed E-state index contributed by atoms with van der Waals surface area (Å²) in [5.74, 6) is 0. The van der Waals surface area contributed by atoms with Crippen molar-refractivity contribution in [2.24, 2.45) is 0 Å². The quantitative estimate of drug-likeness (QED) is 0.537. The van der Waals surface area contributed by atoms with E-state index < -0.39 is 0 Å². The summed E-state index contributed by atoms with van der Waals surface area (Å²) in [6.07, 6.45) is 1.40. The summed E-state index contributed by atoms with van der Waals surface area (Å²) in [4.78, 5) is 10.7. The smallest absolute Gasteiger partial charge is 0.283 e. The van der Waals surface area contributed by atoms with Gasteiger partial charge in [0.1, 0.15) is 0 Å². The summed E-state index contributed by atoms with van der Waals surface area (Å²) in [5.41, 5.74) is 1.42. The monoisotopic (exact) mass is 139 g/mol. The third kappa shape index (κ3) is 1.03. The first kappa shape index (κ1) is 6.86. The van der Waals surface area contributed by atoms with Crippen LogP contribution in [0.15, 0.2) is 17.1 Å². The van der Waals surface area contributed by atoms with Crippen molar-refractivity contribution in [3.8, 4) is 0 Å². The maximum absolute atomic E-state index is 10.7. The highest BCUT2D eigenvalue weighted by molar-refractivity contribution is 5.19. The van der Waals surface area contributed by atoms with Gasteiger partial charge in [0.2, 0.25) is 0 Å². The average Bonchev–Trinajstić information content (AvgIpc) is 1.84. The van der Waals surface area contributed by atoms with Crippen LogP contribution in [0.3, 0.4) is 0 Å². The number of hydrogen-bond acceptors (Lipinski definition) is 2. The third-order valence-electron chi connectivity index (χ3n) is 1.50. The standard InChI is InChI=1S/C7H9NO2/c1-5-3-7(9)8(10)4-6(5)2/h3-4,10H,1-2H3. The molecule has 0 fully saturated rings. The molecule has 1 N–H and O–H groups in total. The van der Waals surface area contributed by atoms with Gasteiger partial charge < -0.3 is 5.21 Å². The van der Waals surface area contributed by atoms with Crippen LogP contribution in [0.4, 0.5) is 0 Å². The van der Waals surface area contributed by atoms with E-state index in [1.807, 2.05) is 13.8 Å². The average molecular weight is 139 g/mol. The van der Waals surface area contributed by atoms with Crippen LogP contribution in [0.5, 0.6) is 0 Å². The molecule has 0 unspecified atom stereocenters. The first-order valence-corrected chi connectivity index (χ1v) is 3.00. The molecule has 54 valence electrons. The molecule has 1 heterocycles. The van der Waals surface area contributed by atoms with Crippen LogP contribution in [-0.4, -0.2) is 9.94 Å². The van der Waals surface area contributed by atoms with Crippen LogP contribution in [0.2, 0.25) is 0 Å². The number of hydrogen-bond donors (Lipinski definition) is 1. The highest BCUT2D eigenvalue weighted by Gasteiger charge is 1.95. The number of aryl methyl sites for hydroxylation is 2. The predicted octanol–water partition coefficient (Wildman–Crippen LogP) is 0.702. The summed E-state index contributed by atoms with van der Waals surface area (Å²) >= 11 is 0. The van der Waals surface area contributed by atoms with Gasteiger partial charge in [0, 0.05) is 6.07 Å². The van der Waals surface area contributed by atoms with Crippen LogP contribution in [0.25, 0.3) is 0 Å². The number of rotatable bonds is 0. The van der Waals surface area contributed by atoms with Crippen molar-refractivity contribution in [1.82, 2.24) is 4.73 Å². The van der Waals surface area contributed by atoms with Gasteiger partial charge in [-0.3, -0.25) is 4.79 Å². The fourth-order valence-corrected chi connectivity index (χ4v) is 0.714. The van der Waals surface area contributed by atoms with E-state index in [9.17, 15) is 4.79 Å². The minimum absolute atomic E-state index is 0.386. The van der Waals surface area contributed by atoms with Crippen molar-refractivity contribution in [2.75, 3.05) is 0 Å². The molecule has 1 rings (SSSR count). The number of aromatic nitrogens is 1. The molecule has 0 saturated heterocycles. The molecule has 0 aromatic carbocycles. The molecule has 0 aliphatic rings. The van der Waals surface area contributed by atoms with Gasteiger partial charge in [-0.05, 0) is 25.0 Å². The van der Waals surface area contributed by atoms with Gasteiger partial charge in [-0.1, -0.05) is 0 Å². The summed E-state index contributed by atoms with van der Waals surface area (Å²) < 4.78 is 0.586. The van der Waals surface area contributed by atoms with Crippen LogP contribution in [-0.2, 0) is 0 Å². The molecular weight excluding hydrogens is 130 g/mol. The lowest BCUT2D eigenvalue weighted by molar-refractivity contribution is 0.174. The van der Waals surface area contributed by atoms with E-state index in [0.29, 0.717) is 4.73 Å². The Bertz CT molecular complexity index is 301. The summed E-state index contributed by atoms with van der Waals surface area (Å²) in [6, 6.07) is 1.40. The highest BCUT2D eigenvalue weighted by atomic mass is 16.5. The van der Waals surface area contributed by atoms with Crippen molar-refractivity contribution in [2.45, 2.75) is 13.8 Å². The van der Waals surface area contributed by atoms with Gasteiger partial charge in [-0.2, -0.15) is 4.73 Å². The molecule has 3 nitrogen and oxygen atoms in total. The Morgan fingerprint density at radius 2 is 2.00 bits per heavy atom. The molecule has 0 bridgehead atoms. The summed E-state index contributed by atoms with van der Waals surface area (Å²) in [6.45, 7) is 3.66. The zero-order valence-corrected chi connectivity index (χ0v) is 5.96. The van der Waals surface area contributed by atoms with Gasteiger partial charge >= 0.3 is 0 Å². The van der Waals surface area contributed by atoms with E-state index in [2.05, 4.69) is 0 Å². The topological polar surface area (TPSA) is 42.2 Å². The van der Waals surface area contributed by atoms with E-state index in [-0.39, 0.29) is 5.56 Å². The Morgan fingerprint density at radius 1 is 1.40 bits per heavy atom. The van der Waals surface area contributed by atoms with E-state index in [1.165, 1.54) is 12.3 Å². The Morgan fingerprint density at radius 3 is 2.50 bits per heavy atom. The molecule has 0 radical (unpaired) electrons. The van der Waals surface area contributed by atoms with Gasteiger partial charge in [-0.25, -0.2) is 0 Å². The number of nitrogens with zero attached hydrogens (tertiary/aromatic N) is 1. The molecule has 1 aromatic rings. The van der Waals surface area contributed by atoms with Crippen molar-refractivity contribution in [1.29, 1.82) is 0 Å². The zero-order chi connectivity index (χ0) is 7.72. The Hall–Kier alpha value is -1.25. The predicted molar refractivity (Wildman–Crippen MR) is 37.4 cm³/mol. The third-order valence-corrected chi connectivity index (χ3v) is 1.50. The molecule has 0 atom stereocenters. The molecule has 0 spiro atoms. The van der Waals surface area contributed by atoms with Crippen LogP contribution < -0.4 is 5.56 Å². The molecule has 0 aliphatic carbocycles. The van der Waals surface area contributed by atoms with Crippen molar-refractivity contribution in [3.05, 3.63) is 33.7 Å².